The van der Waals surface area contributed by atoms with Crippen molar-refractivity contribution < 1.29 is 19.4 Å². The molecule has 0 unspecified atom stereocenters. The van der Waals surface area contributed by atoms with Crippen LogP contribution in [0.3, 0.4) is 0 Å². The zero-order valence-corrected chi connectivity index (χ0v) is 10.7. The lowest BCUT2D eigenvalue weighted by molar-refractivity contribution is -0.138. The molecule has 0 atom stereocenters. The normalized spacial score (nSPS) is 15.0. The third-order valence-electron chi connectivity index (χ3n) is 3.12. The van der Waals surface area contributed by atoms with Gasteiger partial charge in [-0.1, -0.05) is 19.9 Å². The van der Waals surface area contributed by atoms with E-state index in [1.807, 2.05) is 32.0 Å². The number of carbonyl (C=O) groups is 1. The number of hydrogen-bond acceptors (Lipinski definition) is 3. The van der Waals surface area contributed by atoms with Crippen molar-refractivity contribution in [1.29, 1.82) is 0 Å². The molecule has 1 aliphatic heterocycles. The molecule has 0 fully saturated rings. The number of carboxylic acids is 1. The van der Waals surface area contributed by atoms with E-state index in [1.165, 1.54) is 0 Å². The molecule has 98 valence electrons. The molecule has 0 radical (unpaired) electrons. The lowest BCUT2D eigenvalue weighted by atomic mass is 9.81. The fraction of sp³-hybridized carbons (Fsp3) is 0.500. The van der Waals surface area contributed by atoms with E-state index in [9.17, 15) is 4.79 Å². The predicted octanol–water partition coefficient (Wildman–Crippen LogP) is 2.60. The van der Waals surface area contributed by atoms with E-state index in [4.69, 9.17) is 14.6 Å². The summed E-state index contributed by atoms with van der Waals surface area (Å²) < 4.78 is 11.2. The Morgan fingerprint density at radius 2 is 1.94 bits per heavy atom. The summed E-state index contributed by atoms with van der Waals surface area (Å²) in [4.78, 5) is 10.9. The van der Waals surface area contributed by atoms with Gasteiger partial charge in [0.1, 0.15) is 0 Å². The van der Waals surface area contributed by atoms with E-state index in [0.717, 1.165) is 17.7 Å². The van der Waals surface area contributed by atoms with Gasteiger partial charge < -0.3 is 14.6 Å². The first-order chi connectivity index (χ1) is 8.49. The molecule has 18 heavy (non-hydrogen) atoms. The van der Waals surface area contributed by atoms with Crippen molar-refractivity contribution in [2.24, 2.45) is 0 Å². The van der Waals surface area contributed by atoms with Gasteiger partial charge in [0.25, 0.3) is 0 Å². The van der Waals surface area contributed by atoms with Crippen LogP contribution >= 0.6 is 0 Å². The van der Waals surface area contributed by atoms with E-state index < -0.39 is 11.4 Å². The Bertz CT molecular complexity index is 451. The summed E-state index contributed by atoms with van der Waals surface area (Å²) in [5.41, 5.74) is 0.533. The van der Waals surface area contributed by atoms with E-state index in [2.05, 4.69) is 0 Å². The van der Waals surface area contributed by atoms with E-state index >= 15 is 0 Å². The minimum absolute atomic E-state index is 0.0899. The molecule has 0 spiro atoms. The standard InChI is InChI=1S/C14H18O4/c1-14(2,9-13(15)16)10-4-5-11-12(8-10)18-7-3-6-17-11/h4-5,8H,3,6-7,9H2,1-2H3,(H,15,16). The van der Waals surface area contributed by atoms with Crippen LogP contribution in [0.2, 0.25) is 0 Å². The lowest BCUT2D eigenvalue weighted by Crippen LogP contribution is -2.21. The van der Waals surface area contributed by atoms with Crippen molar-refractivity contribution in [1.82, 2.24) is 0 Å². The third-order valence-corrected chi connectivity index (χ3v) is 3.12. The molecule has 0 bridgehead atoms. The highest BCUT2D eigenvalue weighted by atomic mass is 16.5. The molecule has 0 aromatic heterocycles. The van der Waals surface area contributed by atoms with Gasteiger partial charge in [-0.15, -0.1) is 0 Å². The summed E-state index contributed by atoms with van der Waals surface area (Å²) in [6.45, 7) is 5.13. The topological polar surface area (TPSA) is 55.8 Å². The molecule has 1 aromatic rings. The van der Waals surface area contributed by atoms with Crippen LogP contribution in [0.1, 0.15) is 32.3 Å². The maximum absolute atomic E-state index is 10.9. The van der Waals surface area contributed by atoms with Gasteiger partial charge in [0.2, 0.25) is 0 Å². The number of aliphatic carboxylic acids is 1. The van der Waals surface area contributed by atoms with E-state index in [-0.39, 0.29) is 6.42 Å². The first-order valence-electron chi connectivity index (χ1n) is 6.11. The van der Waals surface area contributed by atoms with Gasteiger partial charge in [-0.25, -0.2) is 0 Å². The summed E-state index contributed by atoms with van der Waals surface area (Å²) in [6.07, 6.45) is 0.954. The minimum Gasteiger partial charge on any atom is -0.490 e. The maximum Gasteiger partial charge on any atom is 0.304 e. The second kappa shape index (κ2) is 4.88. The second-order valence-electron chi connectivity index (χ2n) is 5.17. The van der Waals surface area contributed by atoms with Gasteiger partial charge in [0.15, 0.2) is 11.5 Å². The Morgan fingerprint density at radius 3 is 2.61 bits per heavy atom. The van der Waals surface area contributed by atoms with E-state index in [1.54, 1.807) is 0 Å². The van der Waals surface area contributed by atoms with Gasteiger partial charge in [0, 0.05) is 11.8 Å². The van der Waals surface area contributed by atoms with Crippen LogP contribution in [0.15, 0.2) is 18.2 Å². The molecule has 1 aliphatic rings. The Hall–Kier alpha value is -1.71. The van der Waals surface area contributed by atoms with Gasteiger partial charge in [-0.05, 0) is 17.7 Å². The summed E-state index contributed by atoms with van der Waals surface area (Å²) >= 11 is 0. The van der Waals surface area contributed by atoms with Crippen molar-refractivity contribution >= 4 is 5.97 Å². The highest BCUT2D eigenvalue weighted by Gasteiger charge is 2.25. The van der Waals surface area contributed by atoms with Crippen molar-refractivity contribution in [2.75, 3.05) is 13.2 Å². The number of rotatable bonds is 3. The smallest absolute Gasteiger partial charge is 0.304 e. The summed E-state index contributed by atoms with van der Waals surface area (Å²) in [5, 5.41) is 8.94. The highest BCUT2D eigenvalue weighted by molar-refractivity contribution is 5.69. The summed E-state index contributed by atoms with van der Waals surface area (Å²) in [7, 11) is 0. The Kier molecular flexibility index (Phi) is 3.45. The van der Waals surface area contributed by atoms with Crippen LogP contribution in [0.4, 0.5) is 0 Å². The molecule has 0 saturated carbocycles. The number of fused-ring (bicyclic) bond motifs is 1. The largest absolute Gasteiger partial charge is 0.490 e. The van der Waals surface area contributed by atoms with Crippen LogP contribution in [0.5, 0.6) is 11.5 Å². The molecule has 1 aromatic carbocycles. The molecule has 4 nitrogen and oxygen atoms in total. The molecule has 0 aliphatic carbocycles. The summed E-state index contributed by atoms with van der Waals surface area (Å²) in [6, 6.07) is 5.67. The van der Waals surface area contributed by atoms with Crippen molar-refractivity contribution in [3.05, 3.63) is 23.8 Å². The molecular formula is C14H18O4. The fourth-order valence-corrected chi connectivity index (χ4v) is 2.06. The highest BCUT2D eigenvalue weighted by Crippen LogP contribution is 2.36. The quantitative estimate of drug-likeness (QED) is 0.895. The Balaban J connectivity index is 2.30. The minimum atomic E-state index is -0.799. The van der Waals surface area contributed by atoms with Crippen LogP contribution in [-0.4, -0.2) is 24.3 Å². The Labute approximate surface area is 107 Å². The average Bonchev–Trinajstić information content (AvgIpc) is 2.51. The van der Waals surface area contributed by atoms with Gasteiger partial charge in [-0.2, -0.15) is 0 Å². The first kappa shape index (κ1) is 12.7. The molecule has 4 heteroatoms. The number of carboxylic acid groups (broad SMARTS) is 1. The fourth-order valence-electron chi connectivity index (χ4n) is 2.06. The Morgan fingerprint density at radius 1 is 1.28 bits per heavy atom. The predicted molar refractivity (Wildman–Crippen MR) is 67.3 cm³/mol. The van der Waals surface area contributed by atoms with Gasteiger partial charge in [0.05, 0.1) is 19.6 Å². The van der Waals surface area contributed by atoms with Crippen LogP contribution in [0.25, 0.3) is 0 Å². The van der Waals surface area contributed by atoms with Crippen molar-refractivity contribution in [2.45, 2.75) is 32.1 Å². The number of hydrogen-bond donors (Lipinski definition) is 1. The van der Waals surface area contributed by atoms with E-state index in [0.29, 0.717) is 19.0 Å². The monoisotopic (exact) mass is 250 g/mol. The van der Waals surface area contributed by atoms with Crippen LogP contribution in [0, 0.1) is 0 Å². The lowest BCUT2D eigenvalue weighted by Gasteiger charge is -2.24. The molecule has 2 rings (SSSR count). The molecule has 0 amide bonds. The SMILES string of the molecule is CC(C)(CC(=O)O)c1ccc2c(c1)OCCCO2. The van der Waals surface area contributed by atoms with Crippen molar-refractivity contribution in [3.8, 4) is 11.5 Å². The number of ether oxygens (including phenoxy) is 2. The van der Waals surface area contributed by atoms with Crippen LogP contribution < -0.4 is 9.47 Å². The summed E-state index contributed by atoms with van der Waals surface area (Å²) in [5.74, 6) is 0.651. The first-order valence-corrected chi connectivity index (χ1v) is 6.11. The molecular weight excluding hydrogens is 232 g/mol. The average molecular weight is 250 g/mol. The van der Waals surface area contributed by atoms with Gasteiger partial charge >= 0.3 is 5.97 Å². The van der Waals surface area contributed by atoms with Crippen LogP contribution in [-0.2, 0) is 10.2 Å². The zero-order chi connectivity index (χ0) is 13.2. The van der Waals surface area contributed by atoms with Gasteiger partial charge in [-0.3, -0.25) is 4.79 Å². The zero-order valence-electron chi connectivity index (χ0n) is 10.7. The maximum atomic E-state index is 10.9. The molecule has 0 saturated heterocycles. The second-order valence-corrected chi connectivity index (χ2v) is 5.17. The molecule has 1 N–H and O–H groups in total. The number of benzene rings is 1. The van der Waals surface area contributed by atoms with Crippen molar-refractivity contribution in [3.63, 3.8) is 0 Å². The third kappa shape index (κ3) is 2.75. The molecule has 1 heterocycles.